The highest BCUT2D eigenvalue weighted by atomic mass is 16.5. The second-order valence-corrected chi connectivity index (χ2v) is 10.4. The van der Waals surface area contributed by atoms with E-state index < -0.39 is 5.69 Å². The fraction of sp³-hybridized carbons (Fsp3) is 0.545. The smallest absolute Gasteiger partial charge is 0.348 e. The Morgan fingerprint density at radius 3 is 1.76 bits per heavy atom. The molecule has 0 aliphatic carbocycles. The van der Waals surface area contributed by atoms with Crippen LogP contribution in [0.25, 0.3) is 22.8 Å². The summed E-state index contributed by atoms with van der Waals surface area (Å²) < 4.78 is 17.9. The van der Waals surface area contributed by atoms with Gasteiger partial charge in [-0.3, -0.25) is 4.98 Å². The maximum Gasteiger partial charge on any atom is 0.348 e. The summed E-state index contributed by atoms with van der Waals surface area (Å²) in [5, 5.41) is 10.7. The van der Waals surface area contributed by atoms with Crippen LogP contribution in [0, 0.1) is 0 Å². The van der Waals surface area contributed by atoms with Crippen LogP contribution in [-0.4, -0.2) is 39.9 Å². The Bertz CT molecular complexity index is 1240. The Morgan fingerprint density at radius 1 is 0.659 bits per heavy atom. The minimum atomic E-state index is -0.564. The van der Waals surface area contributed by atoms with Gasteiger partial charge in [-0.15, -0.1) is 0 Å². The molecule has 0 bridgehead atoms. The number of phenols is 1. The number of benzene rings is 2. The second-order valence-electron chi connectivity index (χ2n) is 10.4. The molecular weight excluding hydrogens is 518 g/mol. The molecule has 224 valence electrons. The molecule has 8 heteroatoms. The molecule has 0 unspecified atom stereocenters. The third kappa shape index (κ3) is 10.7. The summed E-state index contributed by atoms with van der Waals surface area (Å²) in [5.41, 5.74) is 0.418. The molecule has 3 rings (SSSR count). The van der Waals surface area contributed by atoms with E-state index in [0.29, 0.717) is 48.2 Å². The number of aromatic hydroxyl groups is 1. The molecule has 1 heterocycles. The van der Waals surface area contributed by atoms with Gasteiger partial charge in [0, 0.05) is 12.1 Å². The molecule has 0 spiro atoms. The lowest BCUT2D eigenvalue weighted by molar-refractivity contribution is 0.291. The summed E-state index contributed by atoms with van der Waals surface area (Å²) in [4.78, 5) is 24.0. The van der Waals surface area contributed by atoms with Crippen molar-refractivity contribution in [2.75, 3.05) is 19.8 Å². The summed E-state index contributed by atoms with van der Waals surface area (Å²) >= 11 is 0. The Hall–Kier alpha value is -3.55. The molecule has 3 aromatic rings. The van der Waals surface area contributed by atoms with E-state index in [-0.39, 0.29) is 17.4 Å². The molecule has 0 saturated carbocycles. The van der Waals surface area contributed by atoms with E-state index in [0.717, 1.165) is 57.8 Å². The van der Waals surface area contributed by atoms with Crippen molar-refractivity contribution in [3.8, 4) is 45.8 Å². The van der Waals surface area contributed by atoms with Crippen molar-refractivity contribution in [1.29, 1.82) is 0 Å². The van der Waals surface area contributed by atoms with Crippen molar-refractivity contribution in [1.82, 2.24) is 15.0 Å². The van der Waals surface area contributed by atoms with Gasteiger partial charge in [-0.1, -0.05) is 78.6 Å². The number of aromatic amines is 1. The zero-order valence-electron chi connectivity index (χ0n) is 25.0. The normalized spacial score (nSPS) is 11.0. The molecule has 0 radical (unpaired) electrons. The van der Waals surface area contributed by atoms with E-state index in [2.05, 4.69) is 35.7 Å². The SMILES string of the molecule is CCCCCCOc1ccc(-c2nc(-c3ccc(OCCCCCC)cc3OCCCCCC)nc(=O)[nH]2)c(O)c1. The predicted molar refractivity (Wildman–Crippen MR) is 164 cm³/mol. The number of nitrogens with zero attached hydrogens (tertiary/aromatic N) is 2. The van der Waals surface area contributed by atoms with Gasteiger partial charge in [0.15, 0.2) is 5.82 Å². The average Bonchev–Trinajstić information content (AvgIpc) is 2.96. The number of rotatable bonds is 20. The van der Waals surface area contributed by atoms with E-state index in [1.54, 1.807) is 18.2 Å². The van der Waals surface area contributed by atoms with Crippen LogP contribution in [0.15, 0.2) is 41.2 Å². The highest BCUT2D eigenvalue weighted by Gasteiger charge is 2.16. The molecule has 2 aromatic carbocycles. The van der Waals surface area contributed by atoms with Crippen molar-refractivity contribution in [2.45, 2.75) is 97.8 Å². The van der Waals surface area contributed by atoms with Crippen LogP contribution in [0.5, 0.6) is 23.0 Å². The number of aromatic nitrogens is 3. The highest BCUT2D eigenvalue weighted by Crippen LogP contribution is 2.34. The maximum absolute atomic E-state index is 12.6. The fourth-order valence-corrected chi connectivity index (χ4v) is 4.48. The van der Waals surface area contributed by atoms with Gasteiger partial charge in [0.25, 0.3) is 0 Å². The van der Waals surface area contributed by atoms with Gasteiger partial charge in [0.05, 0.1) is 30.9 Å². The summed E-state index contributed by atoms with van der Waals surface area (Å²) in [5.74, 6) is 2.26. The molecule has 8 nitrogen and oxygen atoms in total. The van der Waals surface area contributed by atoms with E-state index in [9.17, 15) is 9.90 Å². The number of ether oxygens (including phenoxy) is 3. The third-order valence-electron chi connectivity index (χ3n) is 6.86. The van der Waals surface area contributed by atoms with Crippen molar-refractivity contribution >= 4 is 0 Å². The van der Waals surface area contributed by atoms with E-state index in [4.69, 9.17) is 14.2 Å². The molecule has 0 fully saturated rings. The molecule has 0 amide bonds. The second kappa shape index (κ2) is 18.0. The van der Waals surface area contributed by atoms with Gasteiger partial charge in [0.1, 0.15) is 28.8 Å². The monoisotopic (exact) mass is 565 g/mol. The average molecular weight is 566 g/mol. The minimum absolute atomic E-state index is 0.0319. The molecule has 0 aliphatic rings. The van der Waals surface area contributed by atoms with Crippen LogP contribution in [0.2, 0.25) is 0 Å². The Kier molecular flexibility index (Phi) is 14.0. The van der Waals surface area contributed by atoms with E-state index in [1.807, 2.05) is 18.2 Å². The van der Waals surface area contributed by atoms with Gasteiger partial charge < -0.3 is 19.3 Å². The van der Waals surface area contributed by atoms with E-state index in [1.165, 1.54) is 19.3 Å². The molecule has 2 N–H and O–H groups in total. The summed E-state index contributed by atoms with van der Waals surface area (Å²) in [6, 6.07) is 10.5. The topological polar surface area (TPSA) is 107 Å². The molecule has 0 atom stereocenters. The van der Waals surface area contributed by atoms with Gasteiger partial charge in [-0.05, 0) is 43.5 Å². The standard InChI is InChI=1S/C33H47N3O5/c1-4-7-10-13-20-39-25-16-18-27(29(37)23-25)31-34-32(36-33(38)35-31)28-19-17-26(40-21-14-11-8-5-2)24-30(28)41-22-15-12-9-6-3/h16-19,23-24,37H,4-15,20-22H2,1-3H3,(H,34,35,36,38). The van der Waals surface area contributed by atoms with Gasteiger partial charge in [-0.25, -0.2) is 9.78 Å². The van der Waals surface area contributed by atoms with Crippen LogP contribution in [-0.2, 0) is 0 Å². The number of hydrogen-bond donors (Lipinski definition) is 2. The first kappa shape index (κ1) is 32.0. The summed E-state index contributed by atoms with van der Waals surface area (Å²) in [7, 11) is 0. The predicted octanol–water partition coefficient (Wildman–Crippen LogP) is 8.08. The number of H-pyrrole nitrogens is 1. The first-order valence-corrected chi connectivity index (χ1v) is 15.4. The molecule has 41 heavy (non-hydrogen) atoms. The highest BCUT2D eigenvalue weighted by molar-refractivity contribution is 5.70. The number of hydrogen-bond acceptors (Lipinski definition) is 7. The largest absolute Gasteiger partial charge is 0.507 e. The number of phenolic OH excluding ortho intramolecular Hbond substituents is 1. The first-order valence-electron chi connectivity index (χ1n) is 15.4. The Balaban J connectivity index is 1.82. The Morgan fingerprint density at radius 2 is 1.20 bits per heavy atom. The van der Waals surface area contributed by atoms with Crippen molar-refractivity contribution < 1.29 is 19.3 Å². The molecule has 1 aromatic heterocycles. The number of nitrogens with one attached hydrogen (secondary N) is 1. The summed E-state index contributed by atoms with van der Waals surface area (Å²) in [6.07, 6.45) is 13.2. The quantitative estimate of drug-likeness (QED) is 0.133. The first-order chi connectivity index (χ1) is 20.0. The van der Waals surface area contributed by atoms with Crippen molar-refractivity contribution in [3.63, 3.8) is 0 Å². The maximum atomic E-state index is 12.6. The lowest BCUT2D eigenvalue weighted by atomic mass is 10.1. The lowest BCUT2D eigenvalue weighted by Crippen LogP contribution is -2.15. The zero-order chi connectivity index (χ0) is 29.3. The zero-order valence-corrected chi connectivity index (χ0v) is 25.0. The van der Waals surface area contributed by atoms with Crippen molar-refractivity contribution in [3.05, 3.63) is 46.9 Å². The molecule has 0 aliphatic heterocycles. The van der Waals surface area contributed by atoms with Crippen LogP contribution >= 0.6 is 0 Å². The lowest BCUT2D eigenvalue weighted by Gasteiger charge is -2.14. The van der Waals surface area contributed by atoms with Crippen molar-refractivity contribution in [2.24, 2.45) is 0 Å². The van der Waals surface area contributed by atoms with Crippen LogP contribution in [0.1, 0.15) is 97.8 Å². The summed E-state index contributed by atoms with van der Waals surface area (Å²) in [6.45, 7) is 8.31. The minimum Gasteiger partial charge on any atom is -0.507 e. The van der Waals surface area contributed by atoms with Gasteiger partial charge in [0.2, 0.25) is 0 Å². The molecule has 0 saturated heterocycles. The van der Waals surface area contributed by atoms with Crippen LogP contribution < -0.4 is 19.9 Å². The Labute approximate surface area is 244 Å². The number of unbranched alkanes of at least 4 members (excludes halogenated alkanes) is 9. The third-order valence-corrected chi connectivity index (χ3v) is 6.86. The van der Waals surface area contributed by atoms with Crippen LogP contribution in [0.3, 0.4) is 0 Å². The van der Waals surface area contributed by atoms with E-state index >= 15 is 0 Å². The van der Waals surface area contributed by atoms with Gasteiger partial charge >= 0.3 is 5.69 Å². The fourth-order valence-electron chi connectivity index (χ4n) is 4.48. The van der Waals surface area contributed by atoms with Crippen LogP contribution in [0.4, 0.5) is 0 Å². The molecular formula is C33H47N3O5. The van der Waals surface area contributed by atoms with Gasteiger partial charge in [-0.2, -0.15) is 4.98 Å².